The van der Waals surface area contributed by atoms with E-state index < -0.39 is 0 Å². The van der Waals surface area contributed by atoms with Crippen LogP contribution in [0, 0.1) is 0 Å². The summed E-state index contributed by atoms with van der Waals surface area (Å²) in [6.45, 7) is 4.71. The molecule has 4 heteroatoms. The fraction of sp³-hybridized carbons (Fsp3) is 0.562. The zero-order chi connectivity index (χ0) is 14.5. The van der Waals surface area contributed by atoms with Crippen LogP contribution in [0.15, 0.2) is 24.3 Å². The van der Waals surface area contributed by atoms with Crippen LogP contribution in [0.5, 0.6) is 5.75 Å². The number of ether oxygens (including phenoxy) is 1. The lowest BCUT2D eigenvalue weighted by Gasteiger charge is -2.34. The molecule has 0 spiro atoms. The summed E-state index contributed by atoms with van der Waals surface area (Å²) in [6, 6.07) is 7.20. The van der Waals surface area contributed by atoms with Crippen molar-refractivity contribution in [2.24, 2.45) is 0 Å². The third kappa shape index (κ3) is 3.51. The number of benzene rings is 1. The topological polar surface area (TPSA) is 49.8 Å². The fourth-order valence-electron chi connectivity index (χ4n) is 2.57. The number of aliphatic hydroxyl groups is 1. The van der Waals surface area contributed by atoms with Crippen molar-refractivity contribution in [2.75, 3.05) is 13.2 Å². The number of amides is 1. The summed E-state index contributed by atoms with van der Waals surface area (Å²) in [7, 11) is 0. The van der Waals surface area contributed by atoms with Gasteiger partial charge in [-0.2, -0.15) is 0 Å². The predicted molar refractivity (Wildman–Crippen MR) is 78.0 cm³/mol. The van der Waals surface area contributed by atoms with Crippen LogP contribution < -0.4 is 4.74 Å². The molecule has 4 nitrogen and oxygen atoms in total. The van der Waals surface area contributed by atoms with Crippen molar-refractivity contribution in [3.05, 3.63) is 29.8 Å². The Bertz CT molecular complexity index is 442. The lowest BCUT2D eigenvalue weighted by atomic mass is 10.0. The van der Waals surface area contributed by atoms with E-state index in [1.807, 2.05) is 26.0 Å². The van der Waals surface area contributed by atoms with E-state index in [1.165, 1.54) is 0 Å². The van der Waals surface area contributed by atoms with E-state index in [0.717, 1.165) is 31.6 Å². The maximum Gasteiger partial charge on any atom is 0.254 e. The van der Waals surface area contributed by atoms with Crippen molar-refractivity contribution < 1.29 is 14.6 Å². The molecule has 0 aliphatic carbocycles. The number of likely N-dealkylation sites (tertiary alicyclic amines) is 1. The first kappa shape index (κ1) is 14.9. The van der Waals surface area contributed by atoms with Crippen molar-refractivity contribution >= 4 is 5.91 Å². The Labute approximate surface area is 120 Å². The normalized spacial score (nSPS) is 19.2. The van der Waals surface area contributed by atoms with Gasteiger partial charge in [-0.25, -0.2) is 0 Å². The average molecular weight is 277 g/mol. The van der Waals surface area contributed by atoms with Crippen molar-refractivity contribution in [1.29, 1.82) is 0 Å². The summed E-state index contributed by atoms with van der Waals surface area (Å²) >= 11 is 0. The molecular formula is C16H23NO3. The third-order valence-corrected chi connectivity index (χ3v) is 3.57. The standard InChI is InChI=1S/C16H23NO3/c1-12(2)20-15-8-6-13(7-9-15)16(19)17-10-4-3-5-14(17)11-18/h6-9,12,14,18H,3-5,10-11H2,1-2H3. The highest BCUT2D eigenvalue weighted by Gasteiger charge is 2.26. The zero-order valence-electron chi connectivity index (χ0n) is 12.2. The summed E-state index contributed by atoms with van der Waals surface area (Å²) < 4.78 is 5.57. The highest BCUT2D eigenvalue weighted by Crippen LogP contribution is 2.21. The molecule has 1 aromatic carbocycles. The molecule has 1 saturated heterocycles. The van der Waals surface area contributed by atoms with E-state index in [2.05, 4.69) is 0 Å². The molecule has 110 valence electrons. The van der Waals surface area contributed by atoms with Crippen LogP contribution >= 0.6 is 0 Å². The number of aliphatic hydroxyl groups excluding tert-OH is 1. The summed E-state index contributed by atoms with van der Waals surface area (Å²) in [5.41, 5.74) is 0.654. The summed E-state index contributed by atoms with van der Waals surface area (Å²) in [6.07, 6.45) is 3.10. The van der Waals surface area contributed by atoms with Gasteiger partial charge in [-0.15, -0.1) is 0 Å². The van der Waals surface area contributed by atoms with Crippen molar-refractivity contribution in [3.8, 4) is 5.75 Å². The summed E-state index contributed by atoms with van der Waals surface area (Å²) in [5, 5.41) is 9.39. The predicted octanol–water partition coefficient (Wildman–Crippen LogP) is 2.46. The SMILES string of the molecule is CC(C)Oc1ccc(C(=O)N2CCCCC2CO)cc1. The number of carbonyl (C=O) groups is 1. The van der Waals surface area contributed by atoms with Crippen molar-refractivity contribution in [3.63, 3.8) is 0 Å². The van der Waals surface area contributed by atoms with Gasteiger partial charge < -0.3 is 14.7 Å². The van der Waals surface area contributed by atoms with Gasteiger partial charge in [0.25, 0.3) is 5.91 Å². The molecule has 0 saturated carbocycles. The average Bonchev–Trinajstić information content (AvgIpc) is 2.46. The summed E-state index contributed by atoms with van der Waals surface area (Å²) in [4.78, 5) is 14.3. The van der Waals surface area contributed by atoms with Crippen LogP contribution in [0.3, 0.4) is 0 Å². The van der Waals surface area contributed by atoms with Crippen LogP contribution in [0.2, 0.25) is 0 Å². The molecule has 2 rings (SSSR count). The Morgan fingerprint density at radius 1 is 1.35 bits per heavy atom. The van der Waals surface area contributed by atoms with E-state index in [0.29, 0.717) is 5.56 Å². The Balaban J connectivity index is 2.08. The molecule has 1 amide bonds. The Morgan fingerprint density at radius 3 is 2.65 bits per heavy atom. The maximum absolute atomic E-state index is 12.5. The van der Waals surface area contributed by atoms with Gasteiger partial charge in [-0.05, 0) is 57.4 Å². The van der Waals surface area contributed by atoms with Crippen LogP contribution in [0.25, 0.3) is 0 Å². The summed E-state index contributed by atoms with van der Waals surface area (Å²) in [5.74, 6) is 0.772. The van der Waals surface area contributed by atoms with Gasteiger partial charge in [0.15, 0.2) is 0 Å². The van der Waals surface area contributed by atoms with Gasteiger partial charge in [-0.1, -0.05) is 0 Å². The molecule has 1 atom stereocenters. The maximum atomic E-state index is 12.5. The second-order valence-electron chi connectivity index (χ2n) is 5.52. The van der Waals surface area contributed by atoms with Gasteiger partial charge in [0.05, 0.1) is 18.8 Å². The largest absolute Gasteiger partial charge is 0.491 e. The monoisotopic (exact) mass is 277 g/mol. The number of rotatable bonds is 4. The minimum atomic E-state index is -0.0390. The van der Waals surface area contributed by atoms with E-state index in [4.69, 9.17) is 4.74 Å². The van der Waals surface area contributed by atoms with E-state index >= 15 is 0 Å². The molecule has 0 aromatic heterocycles. The van der Waals surface area contributed by atoms with E-state index in [9.17, 15) is 9.90 Å². The number of hydrogen-bond acceptors (Lipinski definition) is 3. The Hall–Kier alpha value is -1.55. The van der Waals surface area contributed by atoms with Gasteiger partial charge in [-0.3, -0.25) is 4.79 Å². The van der Waals surface area contributed by atoms with Crippen molar-refractivity contribution in [1.82, 2.24) is 4.90 Å². The lowest BCUT2D eigenvalue weighted by Crippen LogP contribution is -2.45. The second kappa shape index (κ2) is 6.75. The molecule has 1 heterocycles. The molecule has 0 bridgehead atoms. The van der Waals surface area contributed by atoms with Crippen LogP contribution in [-0.4, -0.2) is 41.2 Å². The molecular weight excluding hydrogens is 254 g/mol. The minimum absolute atomic E-state index is 0.000142. The first-order chi connectivity index (χ1) is 9.61. The molecule has 1 fully saturated rings. The minimum Gasteiger partial charge on any atom is -0.491 e. The number of carbonyl (C=O) groups excluding carboxylic acids is 1. The molecule has 1 unspecified atom stereocenters. The second-order valence-corrected chi connectivity index (χ2v) is 5.52. The van der Waals surface area contributed by atoms with Gasteiger partial charge in [0.1, 0.15) is 5.75 Å². The Morgan fingerprint density at radius 2 is 2.05 bits per heavy atom. The van der Waals surface area contributed by atoms with Crippen LogP contribution in [0.1, 0.15) is 43.5 Å². The van der Waals surface area contributed by atoms with Gasteiger partial charge in [0.2, 0.25) is 0 Å². The molecule has 20 heavy (non-hydrogen) atoms. The molecule has 0 radical (unpaired) electrons. The molecule has 1 aliphatic heterocycles. The van der Waals surface area contributed by atoms with Crippen LogP contribution in [-0.2, 0) is 0 Å². The third-order valence-electron chi connectivity index (χ3n) is 3.57. The van der Waals surface area contributed by atoms with Gasteiger partial charge in [0, 0.05) is 12.1 Å². The highest BCUT2D eigenvalue weighted by molar-refractivity contribution is 5.94. The number of nitrogens with zero attached hydrogens (tertiary/aromatic N) is 1. The highest BCUT2D eigenvalue weighted by atomic mass is 16.5. The number of hydrogen-bond donors (Lipinski definition) is 1. The molecule has 1 aromatic rings. The van der Waals surface area contributed by atoms with Gasteiger partial charge >= 0.3 is 0 Å². The first-order valence-electron chi connectivity index (χ1n) is 7.30. The van der Waals surface area contributed by atoms with Crippen LogP contribution in [0.4, 0.5) is 0 Å². The Kier molecular flexibility index (Phi) is 5.01. The van der Waals surface area contributed by atoms with E-state index in [1.54, 1.807) is 17.0 Å². The quantitative estimate of drug-likeness (QED) is 0.919. The van der Waals surface area contributed by atoms with E-state index in [-0.39, 0.29) is 24.7 Å². The fourth-order valence-corrected chi connectivity index (χ4v) is 2.57. The lowest BCUT2D eigenvalue weighted by molar-refractivity contribution is 0.0503. The van der Waals surface area contributed by atoms with Crippen molar-refractivity contribution in [2.45, 2.75) is 45.3 Å². The first-order valence-corrected chi connectivity index (χ1v) is 7.30. The molecule has 1 aliphatic rings. The zero-order valence-corrected chi connectivity index (χ0v) is 12.2. The molecule has 1 N–H and O–H groups in total. The number of piperidine rings is 1. The smallest absolute Gasteiger partial charge is 0.254 e.